The van der Waals surface area contributed by atoms with Gasteiger partial charge < -0.3 is 10.6 Å². The highest BCUT2D eigenvalue weighted by Gasteiger charge is 2.10. The number of hydrogen-bond acceptors (Lipinski definition) is 1. The van der Waals surface area contributed by atoms with Crippen molar-refractivity contribution in [3.05, 3.63) is 54.6 Å². The Morgan fingerprint density at radius 2 is 1.43 bits per heavy atom. The zero-order valence-electron chi connectivity index (χ0n) is 11.6. The first-order valence-corrected chi connectivity index (χ1v) is 7.34. The quantitative estimate of drug-likeness (QED) is 0.399. The van der Waals surface area contributed by atoms with Gasteiger partial charge in [0.05, 0.1) is 0 Å². The van der Waals surface area contributed by atoms with E-state index in [1.165, 1.54) is 32.3 Å². The molecule has 0 spiro atoms. The fourth-order valence-electron chi connectivity index (χ4n) is 3.03. The number of anilines is 1. The Kier molecular flexibility index (Phi) is 2.69. The lowest BCUT2D eigenvalue weighted by Gasteiger charge is -2.15. The molecule has 0 saturated carbocycles. The third-order valence-corrected chi connectivity index (χ3v) is 4.31. The fourth-order valence-corrected chi connectivity index (χ4v) is 3.14. The topological polar surface area (TPSA) is 24.1 Å². The predicted molar refractivity (Wildman–Crippen MR) is 95.4 cm³/mol. The van der Waals surface area contributed by atoms with E-state index in [1.54, 1.807) is 0 Å². The van der Waals surface area contributed by atoms with Crippen LogP contribution in [0.1, 0.15) is 0 Å². The van der Waals surface area contributed by atoms with Crippen molar-refractivity contribution in [3.63, 3.8) is 0 Å². The van der Waals surface area contributed by atoms with Crippen LogP contribution in [0.3, 0.4) is 0 Å². The molecule has 0 aliphatic rings. The molecular formula is C18H14N2S. The SMILES string of the molecule is CNC(=S)Nc1ccc2ccc3cccc4ccc1c2c34. The van der Waals surface area contributed by atoms with E-state index in [0.717, 1.165) is 5.69 Å². The van der Waals surface area contributed by atoms with Crippen LogP contribution in [0.2, 0.25) is 0 Å². The lowest BCUT2D eigenvalue weighted by atomic mass is 9.93. The average molecular weight is 290 g/mol. The molecule has 0 aliphatic heterocycles. The van der Waals surface area contributed by atoms with Crippen molar-refractivity contribution in [1.29, 1.82) is 0 Å². The van der Waals surface area contributed by atoms with Crippen molar-refractivity contribution >= 4 is 55.3 Å². The second-order valence-electron chi connectivity index (χ2n) is 5.17. The molecule has 0 unspecified atom stereocenters. The van der Waals surface area contributed by atoms with Crippen LogP contribution in [0.5, 0.6) is 0 Å². The van der Waals surface area contributed by atoms with Gasteiger partial charge in [-0.15, -0.1) is 0 Å². The van der Waals surface area contributed by atoms with Crippen molar-refractivity contribution < 1.29 is 0 Å². The van der Waals surface area contributed by atoms with Gasteiger partial charge in [0, 0.05) is 18.1 Å². The van der Waals surface area contributed by atoms with Gasteiger partial charge in [-0.25, -0.2) is 0 Å². The highest BCUT2D eigenvalue weighted by Crippen LogP contribution is 2.37. The molecule has 4 rings (SSSR count). The van der Waals surface area contributed by atoms with E-state index in [1.807, 2.05) is 7.05 Å². The molecule has 2 N–H and O–H groups in total. The molecule has 102 valence electrons. The first kappa shape index (κ1) is 12.4. The van der Waals surface area contributed by atoms with Crippen LogP contribution in [-0.4, -0.2) is 12.2 Å². The van der Waals surface area contributed by atoms with Gasteiger partial charge in [0.1, 0.15) is 0 Å². The fraction of sp³-hybridized carbons (Fsp3) is 0.0556. The molecule has 0 aromatic heterocycles. The van der Waals surface area contributed by atoms with Gasteiger partial charge in [0.15, 0.2) is 5.11 Å². The van der Waals surface area contributed by atoms with E-state index < -0.39 is 0 Å². The lowest BCUT2D eigenvalue weighted by Crippen LogP contribution is -2.24. The van der Waals surface area contributed by atoms with Gasteiger partial charge >= 0.3 is 0 Å². The molecule has 0 fully saturated rings. The van der Waals surface area contributed by atoms with E-state index in [4.69, 9.17) is 12.2 Å². The summed E-state index contributed by atoms with van der Waals surface area (Å²) in [6, 6.07) is 19.4. The molecule has 0 heterocycles. The monoisotopic (exact) mass is 290 g/mol. The van der Waals surface area contributed by atoms with Crippen molar-refractivity contribution in [2.45, 2.75) is 0 Å². The van der Waals surface area contributed by atoms with Gasteiger partial charge in [-0.1, -0.05) is 48.5 Å². The minimum atomic E-state index is 0.630. The van der Waals surface area contributed by atoms with Crippen LogP contribution in [0, 0.1) is 0 Å². The van der Waals surface area contributed by atoms with Gasteiger partial charge in [0.2, 0.25) is 0 Å². The number of benzene rings is 4. The maximum Gasteiger partial charge on any atom is 0.170 e. The Morgan fingerprint density at radius 1 is 0.810 bits per heavy atom. The van der Waals surface area contributed by atoms with Gasteiger partial charge in [-0.05, 0) is 45.2 Å². The molecular weight excluding hydrogens is 276 g/mol. The van der Waals surface area contributed by atoms with Crippen LogP contribution < -0.4 is 10.6 Å². The minimum absolute atomic E-state index is 0.630. The Hall–Kier alpha value is -2.39. The molecule has 0 radical (unpaired) electrons. The maximum atomic E-state index is 5.23. The number of hydrogen-bond donors (Lipinski definition) is 2. The third-order valence-electron chi connectivity index (χ3n) is 4.00. The van der Waals surface area contributed by atoms with E-state index in [2.05, 4.69) is 65.2 Å². The summed E-state index contributed by atoms with van der Waals surface area (Å²) in [5.41, 5.74) is 1.04. The summed E-state index contributed by atoms with van der Waals surface area (Å²) in [5, 5.41) is 14.5. The van der Waals surface area contributed by atoms with Crippen LogP contribution >= 0.6 is 12.2 Å². The van der Waals surface area contributed by atoms with Gasteiger partial charge in [0.25, 0.3) is 0 Å². The van der Waals surface area contributed by atoms with Crippen LogP contribution in [-0.2, 0) is 0 Å². The highest BCUT2D eigenvalue weighted by molar-refractivity contribution is 7.80. The molecule has 4 aromatic carbocycles. The zero-order chi connectivity index (χ0) is 14.4. The van der Waals surface area contributed by atoms with Gasteiger partial charge in [-0.2, -0.15) is 0 Å². The average Bonchev–Trinajstić information content (AvgIpc) is 2.53. The molecule has 0 bridgehead atoms. The van der Waals surface area contributed by atoms with Gasteiger partial charge in [-0.3, -0.25) is 0 Å². The summed E-state index contributed by atoms with van der Waals surface area (Å²) in [6.45, 7) is 0. The largest absolute Gasteiger partial charge is 0.366 e. The molecule has 0 aliphatic carbocycles. The van der Waals surface area contributed by atoms with Crippen molar-refractivity contribution in [2.75, 3.05) is 12.4 Å². The summed E-state index contributed by atoms with van der Waals surface area (Å²) < 4.78 is 0. The smallest absolute Gasteiger partial charge is 0.170 e. The Balaban J connectivity index is 2.13. The van der Waals surface area contributed by atoms with Crippen molar-refractivity contribution in [1.82, 2.24) is 5.32 Å². The standard InChI is InChI=1S/C18H14N2S/c1-19-18(21)20-15-10-8-13-6-5-11-3-2-4-12-7-9-14(15)17(13)16(11)12/h2-10H,1H3,(H2,19,20,21). The molecule has 3 heteroatoms. The molecule has 2 nitrogen and oxygen atoms in total. The summed E-state index contributed by atoms with van der Waals surface area (Å²) in [6.07, 6.45) is 0. The second kappa shape index (κ2) is 4.57. The Bertz CT molecular complexity index is 959. The number of nitrogens with one attached hydrogen (secondary N) is 2. The molecule has 0 saturated heterocycles. The van der Waals surface area contributed by atoms with Crippen LogP contribution in [0.15, 0.2) is 54.6 Å². The molecule has 0 atom stereocenters. The maximum absolute atomic E-state index is 5.23. The number of rotatable bonds is 1. The highest BCUT2D eigenvalue weighted by atomic mass is 32.1. The van der Waals surface area contributed by atoms with E-state index in [-0.39, 0.29) is 0 Å². The van der Waals surface area contributed by atoms with Crippen molar-refractivity contribution in [2.24, 2.45) is 0 Å². The molecule has 0 amide bonds. The Morgan fingerprint density at radius 3 is 2.14 bits per heavy atom. The third kappa shape index (κ3) is 1.82. The normalized spacial score (nSPS) is 11.3. The summed E-state index contributed by atoms with van der Waals surface area (Å²) in [4.78, 5) is 0. The van der Waals surface area contributed by atoms with Crippen molar-refractivity contribution in [3.8, 4) is 0 Å². The minimum Gasteiger partial charge on any atom is -0.366 e. The zero-order valence-corrected chi connectivity index (χ0v) is 12.4. The van der Waals surface area contributed by atoms with Crippen LogP contribution in [0.4, 0.5) is 5.69 Å². The summed E-state index contributed by atoms with van der Waals surface area (Å²) in [7, 11) is 1.82. The molecule has 4 aromatic rings. The van der Waals surface area contributed by atoms with E-state index in [9.17, 15) is 0 Å². The molecule has 21 heavy (non-hydrogen) atoms. The lowest BCUT2D eigenvalue weighted by molar-refractivity contribution is 1.20. The first-order chi connectivity index (χ1) is 10.3. The predicted octanol–water partition coefficient (Wildman–Crippen LogP) is 4.50. The summed E-state index contributed by atoms with van der Waals surface area (Å²) >= 11 is 5.23. The second-order valence-corrected chi connectivity index (χ2v) is 5.58. The van der Waals surface area contributed by atoms with E-state index in [0.29, 0.717) is 5.11 Å². The van der Waals surface area contributed by atoms with E-state index >= 15 is 0 Å². The number of thiocarbonyl (C=S) groups is 1. The van der Waals surface area contributed by atoms with Crippen LogP contribution in [0.25, 0.3) is 32.3 Å². The Labute approximate surface area is 128 Å². The summed E-state index contributed by atoms with van der Waals surface area (Å²) in [5.74, 6) is 0. The first-order valence-electron chi connectivity index (χ1n) is 6.93.